The molecular formula is C16H12Cl3N3O. The molecule has 0 aliphatic rings. The normalized spacial score (nSPS) is 11.5. The lowest BCUT2D eigenvalue weighted by Crippen LogP contribution is -2.09. The largest absolute Gasteiger partial charge is 0.497 e. The average molecular weight is 369 g/mol. The maximum atomic E-state index is 5.94. The molecule has 2 aromatic carbocycles. The summed E-state index contributed by atoms with van der Waals surface area (Å²) in [6.45, 7) is 0. The third kappa shape index (κ3) is 3.61. The Kier molecular flexibility index (Phi) is 4.48. The molecule has 0 aliphatic carbocycles. The number of nitrogens with zero attached hydrogens (tertiary/aromatic N) is 2. The van der Waals surface area contributed by atoms with Crippen LogP contribution in [0.4, 0.5) is 11.5 Å². The van der Waals surface area contributed by atoms with Gasteiger partial charge in [0.05, 0.1) is 12.6 Å². The summed E-state index contributed by atoms with van der Waals surface area (Å²) in [4.78, 5) is 8.67. The molecule has 1 N–H and O–H groups in total. The highest BCUT2D eigenvalue weighted by molar-refractivity contribution is 6.66. The zero-order valence-corrected chi connectivity index (χ0v) is 14.3. The van der Waals surface area contributed by atoms with Crippen molar-refractivity contribution in [1.82, 2.24) is 9.97 Å². The van der Waals surface area contributed by atoms with Crippen LogP contribution in [-0.4, -0.2) is 17.1 Å². The maximum Gasteiger partial charge on any atom is 0.250 e. The van der Waals surface area contributed by atoms with Gasteiger partial charge in [-0.05, 0) is 24.3 Å². The van der Waals surface area contributed by atoms with Gasteiger partial charge in [0, 0.05) is 17.1 Å². The quantitative estimate of drug-likeness (QED) is 0.645. The molecule has 0 unspecified atom stereocenters. The molecule has 0 bridgehead atoms. The molecule has 4 nitrogen and oxygen atoms in total. The first kappa shape index (κ1) is 16.1. The Morgan fingerprint density at radius 3 is 2.52 bits per heavy atom. The Bertz CT molecular complexity index is 849. The van der Waals surface area contributed by atoms with E-state index in [9.17, 15) is 0 Å². The lowest BCUT2D eigenvalue weighted by Gasteiger charge is -2.14. The van der Waals surface area contributed by atoms with Gasteiger partial charge in [0.25, 0.3) is 0 Å². The maximum absolute atomic E-state index is 5.94. The monoisotopic (exact) mass is 367 g/mol. The van der Waals surface area contributed by atoms with Crippen molar-refractivity contribution in [3.8, 4) is 5.75 Å². The summed E-state index contributed by atoms with van der Waals surface area (Å²) >= 11 is 17.8. The molecule has 0 atom stereocenters. The van der Waals surface area contributed by atoms with E-state index in [-0.39, 0.29) is 5.82 Å². The number of fused-ring (bicyclic) bond motifs is 1. The molecule has 23 heavy (non-hydrogen) atoms. The number of nitrogens with one attached hydrogen (secondary N) is 1. The van der Waals surface area contributed by atoms with Crippen molar-refractivity contribution in [2.24, 2.45) is 0 Å². The lowest BCUT2D eigenvalue weighted by atomic mass is 10.2. The van der Waals surface area contributed by atoms with Gasteiger partial charge < -0.3 is 10.1 Å². The third-order valence-electron chi connectivity index (χ3n) is 3.19. The fourth-order valence-corrected chi connectivity index (χ4v) is 2.39. The van der Waals surface area contributed by atoms with E-state index in [0.29, 0.717) is 11.3 Å². The smallest absolute Gasteiger partial charge is 0.250 e. The number of hydrogen-bond acceptors (Lipinski definition) is 4. The highest BCUT2D eigenvalue weighted by Crippen LogP contribution is 2.38. The van der Waals surface area contributed by atoms with Crippen LogP contribution in [0.3, 0.4) is 0 Å². The van der Waals surface area contributed by atoms with Crippen LogP contribution in [0.2, 0.25) is 0 Å². The molecule has 0 saturated heterocycles. The standard InChI is InChI=1S/C16H12Cl3N3O/c1-23-11-6-4-5-10(9-11)20-14-12-7-2-3-8-13(12)21-15(22-14)16(17,18)19/h2-9H,1H3,(H,20,21,22). The van der Waals surface area contributed by atoms with Crippen molar-refractivity contribution in [2.75, 3.05) is 12.4 Å². The summed E-state index contributed by atoms with van der Waals surface area (Å²) in [5.74, 6) is 1.41. The Balaban J connectivity index is 2.11. The predicted molar refractivity (Wildman–Crippen MR) is 95.1 cm³/mol. The molecule has 0 spiro atoms. The van der Waals surface area contributed by atoms with Crippen molar-refractivity contribution < 1.29 is 4.74 Å². The first-order valence-electron chi connectivity index (χ1n) is 6.72. The molecule has 0 amide bonds. The van der Waals surface area contributed by atoms with Crippen molar-refractivity contribution in [3.63, 3.8) is 0 Å². The fraction of sp³-hybridized carbons (Fsp3) is 0.125. The SMILES string of the molecule is COc1cccc(Nc2nc(C(Cl)(Cl)Cl)nc3ccccc23)c1. The topological polar surface area (TPSA) is 47.0 Å². The van der Waals surface area contributed by atoms with Crippen molar-refractivity contribution in [2.45, 2.75) is 3.79 Å². The summed E-state index contributed by atoms with van der Waals surface area (Å²) < 4.78 is 3.52. The number of alkyl halides is 3. The van der Waals surface area contributed by atoms with Crippen LogP contribution in [-0.2, 0) is 3.79 Å². The van der Waals surface area contributed by atoms with Gasteiger partial charge in [-0.25, -0.2) is 9.97 Å². The van der Waals surface area contributed by atoms with Crippen molar-refractivity contribution in [1.29, 1.82) is 0 Å². The third-order valence-corrected chi connectivity index (χ3v) is 3.70. The van der Waals surface area contributed by atoms with Gasteiger partial charge in [0.1, 0.15) is 11.6 Å². The van der Waals surface area contributed by atoms with Crippen LogP contribution in [0, 0.1) is 0 Å². The van der Waals surface area contributed by atoms with Crippen molar-refractivity contribution >= 4 is 57.2 Å². The molecule has 1 aromatic heterocycles. The summed E-state index contributed by atoms with van der Waals surface area (Å²) in [5, 5.41) is 4.05. The molecule has 3 aromatic rings. The van der Waals surface area contributed by atoms with E-state index >= 15 is 0 Å². The van der Waals surface area contributed by atoms with Crippen LogP contribution in [0.5, 0.6) is 5.75 Å². The van der Waals surface area contributed by atoms with E-state index in [2.05, 4.69) is 15.3 Å². The number of para-hydroxylation sites is 1. The Labute approximate surface area is 148 Å². The first-order chi connectivity index (χ1) is 11.0. The Morgan fingerprint density at radius 1 is 1.00 bits per heavy atom. The second-order valence-electron chi connectivity index (χ2n) is 4.77. The Hall–Kier alpha value is -1.75. The summed E-state index contributed by atoms with van der Waals surface area (Å²) in [6.07, 6.45) is 0. The average Bonchev–Trinajstić information content (AvgIpc) is 2.54. The first-order valence-corrected chi connectivity index (χ1v) is 7.86. The Morgan fingerprint density at radius 2 is 1.78 bits per heavy atom. The van der Waals surface area contributed by atoms with E-state index < -0.39 is 3.79 Å². The van der Waals surface area contributed by atoms with Gasteiger partial charge >= 0.3 is 0 Å². The number of ether oxygens (including phenoxy) is 1. The second kappa shape index (κ2) is 6.40. The minimum atomic E-state index is -1.70. The zero-order valence-electron chi connectivity index (χ0n) is 12.1. The van der Waals surface area contributed by atoms with E-state index in [4.69, 9.17) is 39.5 Å². The number of anilines is 2. The predicted octanol–water partition coefficient (Wildman–Crippen LogP) is 5.21. The molecule has 3 rings (SSSR count). The van der Waals surface area contributed by atoms with Crippen LogP contribution < -0.4 is 10.1 Å². The lowest BCUT2D eigenvalue weighted by molar-refractivity contribution is 0.415. The number of methoxy groups -OCH3 is 1. The van der Waals surface area contributed by atoms with Gasteiger partial charge in [-0.15, -0.1) is 0 Å². The summed E-state index contributed by atoms with van der Waals surface area (Å²) in [6, 6.07) is 15.0. The van der Waals surface area contributed by atoms with Crippen LogP contribution in [0.25, 0.3) is 10.9 Å². The summed E-state index contributed by atoms with van der Waals surface area (Å²) in [7, 11) is 1.61. The number of halogens is 3. The molecule has 0 radical (unpaired) electrons. The number of aromatic nitrogens is 2. The van der Waals surface area contributed by atoms with E-state index in [1.165, 1.54) is 0 Å². The highest BCUT2D eigenvalue weighted by Gasteiger charge is 2.28. The minimum Gasteiger partial charge on any atom is -0.497 e. The minimum absolute atomic E-state index is 0.117. The summed E-state index contributed by atoms with van der Waals surface area (Å²) in [5.41, 5.74) is 1.50. The fourth-order valence-electron chi connectivity index (χ4n) is 2.14. The zero-order chi connectivity index (χ0) is 16.4. The van der Waals surface area contributed by atoms with Gasteiger partial charge in [0.15, 0.2) is 5.82 Å². The van der Waals surface area contributed by atoms with Crippen LogP contribution >= 0.6 is 34.8 Å². The molecule has 0 fully saturated rings. The highest BCUT2D eigenvalue weighted by atomic mass is 35.6. The van der Waals surface area contributed by atoms with Gasteiger partial charge in [-0.2, -0.15) is 0 Å². The van der Waals surface area contributed by atoms with Gasteiger partial charge in [-0.3, -0.25) is 0 Å². The van der Waals surface area contributed by atoms with Crippen LogP contribution in [0.1, 0.15) is 5.82 Å². The van der Waals surface area contributed by atoms with Crippen LogP contribution in [0.15, 0.2) is 48.5 Å². The van der Waals surface area contributed by atoms with E-state index in [0.717, 1.165) is 16.8 Å². The number of rotatable bonds is 3. The number of benzene rings is 2. The van der Waals surface area contributed by atoms with Crippen molar-refractivity contribution in [3.05, 3.63) is 54.4 Å². The van der Waals surface area contributed by atoms with E-state index in [1.54, 1.807) is 7.11 Å². The molecular weight excluding hydrogens is 357 g/mol. The molecule has 118 valence electrons. The molecule has 0 saturated carbocycles. The second-order valence-corrected chi connectivity index (χ2v) is 7.05. The molecule has 0 aliphatic heterocycles. The van der Waals surface area contributed by atoms with Gasteiger partial charge in [0.2, 0.25) is 3.79 Å². The van der Waals surface area contributed by atoms with E-state index in [1.807, 2.05) is 48.5 Å². The van der Waals surface area contributed by atoms with Gasteiger partial charge in [-0.1, -0.05) is 53.0 Å². The molecule has 7 heteroatoms. The number of hydrogen-bond donors (Lipinski definition) is 1. The molecule has 1 heterocycles.